The fraction of sp³-hybridized carbons (Fsp3) is 0.333. The van der Waals surface area contributed by atoms with E-state index in [-0.39, 0.29) is 11.9 Å². The Morgan fingerprint density at radius 2 is 2.00 bits per heavy atom. The van der Waals surface area contributed by atoms with Gasteiger partial charge in [0.25, 0.3) is 0 Å². The molecule has 4 rings (SSSR count). The van der Waals surface area contributed by atoms with Crippen LogP contribution in [0.2, 0.25) is 0 Å². The molecule has 2 aliphatic heterocycles. The van der Waals surface area contributed by atoms with Crippen molar-refractivity contribution >= 4 is 15.9 Å². The van der Waals surface area contributed by atoms with Crippen LogP contribution in [-0.4, -0.2) is 29.2 Å². The number of hydrogen-bond acceptors (Lipinski definition) is 3. The molecule has 1 unspecified atom stereocenters. The first-order chi connectivity index (χ1) is 11.1. The summed E-state index contributed by atoms with van der Waals surface area (Å²) in [5.41, 5.74) is 2.56. The Morgan fingerprint density at radius 1 is 1.17 bits per heavy atom. The molecule has 23 heavy (non-hydrogen) atoms. The van der Waals surface area contributed by atoms with Crippen LogP contribution < -0.4 is 4.74 Å². The van der Waals surface area contributed by atoms with Gasteiger partial charge in [-0.2, -0.15) is 0 Å². The number of nitrogens with zero attached hydrogens (tertiary/aromatic N) is 1. The molecule has 5 heteroatoms. The van der Waals surface area contributed by atoms with Gasteiger partial charge in [-0.25, -0.2) is 4.39 Å². The molecule has 2 atom stereocenters. The Balaban J connectivity index is 1.62. The van der Waals surface area contributed by atoms with Crippen molar-refractivity contribution in [2.45, 2.75) is 25.1 Å². The molecule has 0 saturated heterocycles. The van der Waals surface area contributed by atoms with E-state index in [0.29, 0.717) is 13.2 Å². The lowest BCUT2D eigenvalue weighted by Gasteiger charge is -2.40. The van der Waals surface area contributed by atoms with Gasteiger partial charge in [0.15, 0.2) is 0 Å². The highest BCUT2D eigenvalue weighted by Gasteiger charge is 2.35. The second-order valence-corrected chi connectivity index (χ2v) is 6.92. The number of ether oxygens (including phenoxy) is 1. The zero-order valence-corrected chi connectivity index (χ0v) is 14.1. The molecule has 0 fully saturated rings. The summed E-state index contributed by atoms with van der Waals surface area (Å²) in [4.78, 5) is 2.12. The van der Waals surface area contributed by atoms with Crippen LogP contribution in [0.3, 0.4) is 0 Å². The number of fused-ring (bicyclic) bond motifs is 2. The normalized spacial score (nSPS) is 23.8. The molecule has 2 aromatic rings. The van der Waals surface area contributed by atoms with Gasteiger partial charge in [0.05, 0.1) is 6.04 Å². The molecule has 0 aliphatic carbocycles. The van der Waals surface area contributed by atoms with Crippen LogP contribution in [-0.2, 0) is 13.0 Å². The summed E-state index contributed by atoms with van der Waals surface area (Å²) in [6.45, 7) is 1.69. The van der Waals surface area contributed by atoms with Gasteiger partial charge in [-0.1, -0.05) is 34.1 Å². The summed E-state index contributed by atoms with van der Waals surface area (Å²) in [5, 5.41) is 10.7. The fourth-order valence-electron chi connectivity index (χ4n) is 3.53. The Kier molecular flexibility index (Phi) is 3.87. The van der Waals surface area contributed by atoms with Crippen LogP contribution in [0.5, 0.6) is 5.75 Å². The minimum absolute atomic E-state index is 0.156. The van der Waals surface area contributed by atoms with Gasteiger partial charge < -0.3 is 9.84 Å². The number of hydrogen-bond donors (Lipinski definition) is 1. The van der Waals surface area contributed by atoms with Gasteiger partial charge >= 0.3 is 0 Å². The third kappa shape index (κ3) is 2.57. The lowest BCUT2D eigenvalue weighted by molar-refractivity contribution is -0.00343. The first kappa shape index (κ1) is 15.1. The minimum atomic E-state index is -0.614. The molecule has 0 saturated carbocycles. The van der Waals surface area contributed by atoms with Crippen molar-refractivity contribution in [3.05, 3.63) is 63.4 Å². The molecule has 2 heterocycles. The predicted molar refractivity (Wildman–Crippen MR) is 88.9 cm³/mol. The molecular weight excluding hydrogens is 361 g/mol. The minimum Gasteiger partial charge on any atom is -0.491 e. The predicted octanol–water partition coefficient (Wildman–Crippen LogP) is 3.44. The molecular formula is C18H17BrFNO2. The molecule has 2 aliphatic rings. The molecule has 120 valence electrons. The van der Waals surface area contributed by atoms with Crippen LogP contribution in [0, 0.1) is 5.82 Å². The summed E-state index contributed by atoms with van der Waals surface area (Å²) in [7, 11) is 0. The van der Waals surface area contributed by atoms with Crippen molar-refractivity contribution in [2.24, 2.45) is 0 Å². The smallest absolute Gasteiger partial charge is 0.128 e. The van der Waals surface area contributed by atoms with Gasteiger partial charge in [-0.15, -0.1) is 0 Å². The number of aliphatic hydroxyl groups excluding tert-OH is 1. The third-order valence-corrected chi connectivity index (χ3v) is 5.55. The summed E-state index contributed by atoms with van der Waals surface area (Å²) in [6.07, 6.45) is 0.148. The number of para-hydroxylation sites is 1. The zero-order chi connectivity index (χ0) is 16.0. The highest BCUT2D eigenvalue weighted by molar-refractivity contribution is 9.10. The van der Waals surface area contributed by atoms with E-state index in [1.807, 2.05) is 24.3 Å². The van der Waals surface area contributed by atoms with Crippen molar-refractivity contribution in [3.8, 4) is 5.75 Å². The summed E-state index contributed by atoms with van der Waals surface area (Å²) < 4.78 is 20.9. The van der Waals surface area contributed by atoms with Crippen LogP contribution in [0.25, 0.3) is 0 Å². The van der Waals surface area contributed by atoms with Crippen molar-refractivity contribution in [1.29, 1.82) is 0 Å². The van der Waals surface area contributed by atoms with E-state index in [0.717, 1.165) is 39.9 Å². The maximum absolute atomic E-state index is 14.2. The van der Waals surface area contributed by atoms with Crippen LogP contribution in [0.15, 0.2) is 40.9 Å². The lowest BCUT2D eigenvalue weighted by Crippen LogP contribution is -2.48. The monoisotopic (exact) mass is 377 g/mol. The summed E-state index contributed by atoms with van der Waals surface area (Å²) in [6, 6.07) is 10.7. The third-order valence-electron chi connectivity index (χ3n) is 4.81. The molecule has 3 nitrogen and oxygen atoms in total. The molecule has 2 aromatic carbocycles. The van der Waals surface area contributed by atoms with Crippen LogP contribution in [0.1, 0.15) is 22.8 Å². The Hall–Kier alpha value is -1.43. The molecule has 0 aromatic heterocycles. The van der Waals surface area contributed by atoms with Gasteiger partial charge in [-0.3, -0.25) is 4.90 Å². The van der Waals surface area contributed by atoms with E-state index >= 15 is 0 Å². The lowest BCUT2D eigenvalue weighted by atomic mass is 9.93. The quantitative estimate of drug-likeness (QED) is 0.825. The zero-order valence-electron chi connectivity index (χ0n) is 12.5. The number of halogens is 2. The van der Waals surface area contributed by atoms with E-state index < -0.39 is 6.10 Å². The van der Waals surface area contributed by atoms with Crippen molar-refractivity contribution in [3.63, 3.8) is 0 Å². The molecule has 0 spiro atoms. The van der Waals surface area contributed by atoms with Crippen molar-refractivity contribution in [2.75, 3.05) is 13.2 Å². The maximum Gasteiger partial charge on any atom is 0.128 e. The maximum atomic E-state index is 14.2. The van der Waals surface area contributed by atoms with E-state index in [1.165, 1.54) is 6.07 Å². The Morgan fingerprint density at radius 3 is 2.87 bits per heavy atom. The van der Waals surface area contributed by atoms with Crippen LogP contribution >= 0.6 is 15.9 Å². The van der Waals surface area contributed by atoms with Crippen molar-refractivity contribution < 1.29 is 14.2 Å². The van der Waals surface area contributed by atoms with Gasteiger partial charge in [0.1, 0.15) is 24.3 Å². The average Bonchev–Trinajstić information content (AvgIpc) is 2.59. The van der Waals surface area contributed by atoms with E-state index in [4.69, 9.17) is 4.74 Å². The number of aliphatic hydroxyl groups is 1. The molecule has 1 N–H and O–H groups in total. The standard InChI is InChI=1S/C18H17BrFNO2/c19-14-5-6-15(20)13-9-21(8-7-11(13)14)16-10-23-17-4-2-1-3-12(17)18(16)22/h1-6,16,18,22H,7-10H2/t16?,18-/m0/s1. The van der Waals surface area contributed by atoms with Gasteiger partial charge in [0, 0.05) is 28.7 Å². The first-order valence-electron chi connectivity index (χ1n) is 7.75. The Labute approximate surface area is 142 Å². The average molecular weight is 378 g/mol. The van der Waals surface area contributed by atoms with Crippen molar-refractivity contribution in [1.82, 2.24) is 4.90 Å². The largest absolute Gasteiger partial charge is 0.491 e. The van der Waals surface area contributed by atoms with E-state index in [9.17, 15) is 9.50 Å². The topological polar surface area (TPSA) is 32.7 Å². The molecule has 0 amide bonds. The highest BCUT2D eigenvalue weighted by atomic mass is 79.9. The highest BCUT2D eigenvalue weighted by Crippen LogP contribution is 2.37. The van der Waals surface area contributed by atoms with Crippen LogP contribution in [0.4, 0.5) is 4.39 Å². The summed E-state index contributed by atoms with van der Waals surface area (Å²) in [5.74, 6) is 0.558. The second-order valence-electron chi connectivity index (χ2n) is 6.07. The van der Waals surface area contributed by atoms with Gasteiger partial charge in [0.2, 0.25) is 0 Å². The summed E-state index contributed by atoms with van der Waals surface area (Å²) >= 11 is 3.51. The second kappa shape index (κ2) is 5.89. The fourth-order valence-corrected chi connectivity index (χ4v) is 4.10. The number of rotatable bonds is 1. The SMILES string of the molecule is O[C@H]1c2ccccc2OCC1N1CCc2c(Br)ccc(F)c2C1. The first-order valence-corrected chi connectivity index (χ1v) is 8.54. The van der Waals surface area contributed by atoms with E-state index in [1.54, 1.807) is 6.07 Å². The number of benzene rings is 2. The van der Waals surface area contributed by atoms with Gasteiger partial charge in [-0.05, 0) is 30.2 Å². The molecule has 0 bridgehead atoms. The molecule has 0 radical (unpaired) electrons. The van der Waals surface area contributed by atoms with E-state index in [2.05, 4.69) is 20.8 Å². The Bertz CT molecular complexity index is 752.